The van der Waals surface area contributed by atoms with Gasteiger partial charge in [0.25, 0.3) is 0 Å². The van der Waals surface area contributed by atoms with E-state index < -0.39 is 0 Å². The van der Waals surface area contributed by atoms with E-state index in [1.807, 2.05) is 6.20 Å². The van der Waals surface area contributed by atoms with Crippen molar-refractivity contribution >= 4 is 0 Å². The molecule has 0 aliphatic rings. The molecule has 1 heterocycles. The van der Waals surface area contributed by atoms with Crippen molar-refractivity contribution in [1.29, 1.82) is 0 Å². The molecule has 0 radical (unpaired) electrons. The van der Waals surface area contributed by atoms with Crippen molar-refractivity contribution in [2.45, 2.75) is 66.0 Å². The van der Waals surface area contributed by atoms with Gasteiger partial charge in [0, 0.05) is 19.3 Å². The first-order valence-electron chi connectivity index (χ1n) is 7.53. The van der Waals surface area contributed by atoms with Gasteiger partial charge in [-0.1, -0.05) is 40.0 Å². The third-order valence-electron chi connectivity index (χ3n) is 3.51. The van der Waals surface area contributed by atoms with Crippen LogP contribution in [0.1, 0.15) is 58.6 Å². The number of nitrogens with one attached hydrogen (secondary N) is 1. The van der Waals surface area contributed by atoms with Gasteiger partial charge in [-0.25, -0.2) is 0 Å². The van der Waals surface area contributed by atoms with Crippen LogP contribution in [0.3, 0.4) is 0 Å². The molecule has 1 N–H and O–H groups in total. The first-order valence-corrected chi connectivity index (χ1v) is 7.53. The largest absolute Gasteiger partial charge is 0.311 e. The fraction of sp³-hybridized carbons (Fsp3) is 0.800. The van der Waals surface area contributed by atoms with Gasteiger partial charge in [-0.3, -0.25) is 4.68 Å². The number of aromatic nitrogens is 2. The molecule has 0 fully saturated rings. The van der Waals surface area contributed by atoms with E-state index in [0.717, 1.165) is 25.6 Å². The Kier molecular flexibility index (Phi) is 7.74. The molecule has 18 heavy (non-hydrogen) atoms. The Morgan fingerprint density at radius 2 is 2.11 bits per heavy atom. The van der Waals surface area contributed by atoms with Crippen LogP contribution >= 0.6 is 0 Å². The summed E-state index contributed by atoms with van der Waals surface area (Å²) in [6.45, 7) is 9.85. The molecule has 1 atom stereocenters. The van der Waals surface area contributed by atoms with Crippen LogP contribution in [0.2, 0.25) is 0 Å². The predicted octanol–water partition coefficient (Wildman–Crippen LogP) is 3.60. The molecule has 1 unspecified atom stereocenters. The maximum Gasteiger partial charge on any atom is 0.0522 e. The molecule has 0 aliphatic heterocycles. The molecule has 1 aromatic rings. The number of hydrogen-bond acceptors (Lipinski definition) is 2. The highest BCUT2D eigenvalue weighted by Gasteiger charge is 2.09. The quantitative estimate of drug-likeness (QED) is 0.644. The van der Waals surface area contributed by atoms with Crippen LogP contribution in [0.4, 0.5) is 0 Å². The molecule has 1 aromatic heterocycles. The molecule has 0 saturated carbocycles. The molecule has 104 valence electrons. The lowest BCUT2D eigenvalue weighted by molar-refractivity contribution is 0.364. The molecule has 0 amide bonds. The summed E-state index contributed by atoms with van der Waals surface area (Å²) in [5, 5.41) is 7.92. The Bertz CT molecular complexity index is 306. The maximum absolute atomic E-state index is 4.47. The zero-order valence-electron chi connectivity index (χ0n) is 12.3. The highest BCUT2D eigenvalue weighted by atomic mass is 15.3. The summed E-state index contributed by atoms with van der Waals surface area (Å²) in [5.41, 5.74) is 1.32. The highest BCUT2D eigenvalue weighted by molar-refractivity contribution is 5.00. The van der Waals surface area contributed by atoms with Crippen molar-refractivity contribution in [1.82, 2.24) is 15.1 Å². The van der Waals surface area contributed by atoms with Gasteiger partial charge in [0.15, 0.2) is 0 Å². The highest BCUT2D eigenvalue weighted by Crippen LogP contribution is 2.15. The van der Waals surface area contributed by atoms with Crippen LogP contribution in [0.5, 0.6) is 0 Å². The predicted molar refractivity (Wildman–Crippen MR) is 77.5 cm³/mol. The van der Waals surface area contributed by atoms with E-state index in [1.54, 1.807) is 0 Å². The molecule has 0 aliphatic carbocycles. The van der Waals surface area contributed by atoms with Crippen LogP contribution in [0, 0.1) is 5.92 Å². The van der Waals surface area contributed by atoms with Crippen LogP contribution in [0.25, 0.3) is 0 Å². The fourth-order valence-corrected chi connectivity index (χ4v) is 2.23. The van der Waals surface area contributed by atoms with Gasteiger partial charge >= 0.3 is 0 Å². The van der Waals surface area contributed by atoms with Gasteiger partial charge in [-0.2, -0.15) is 5.10 Å². The van der Waals surface area contributed by atoms with E-state index in [-0.39, 0.29) is 0 Å². The van der Waals surface area contributed by atoms with Gasteiger partial charge < -0.3 is 5.32 Å². The minimum Gasteiger partial charge on any atom is -0.311 e. The second-order valence-corrected chi connectivity index (χ2v) is 5.10. The summed E-state index contributed by atoms with van der Waals surface area (Å²) in [5.74, 6) is 0.773. The van der Waals surface area contributed by atoms with E-state index in [4.69, 9.17) is 0 Å². The molecular weight excluding hydrogens is 222 g/mol. The lowest BCUT2D eigenvalue weighted by Crippen LogP contribution is -2.20. The van der Waals surface area contributed by atoms with Crippen molar-refractivity contribution in [2.75, 3.05) is 6.54 Å². The molecule has 0 bridgehead atoms. The second kappa shape index (κ2) is 9.15. The lowest BCUT2D eigenvalue weighted by atomic mass is 9.99. The number of hydrogen-bond donors (Lipinski definition) is 1. The number of nitrogens with zero attached hydrogens (tertiary/aromatic N) is 2. The first-order chi connectivity index (χ1) is 8.81. The average Bonchev–Trinajstić information content (AvgIpc) is 2.82. The minimum absolute atomic E-state index is 0.773. The van der Waals surface area contributed by atoms with Crippen molar-refractivity contribution in [3.8, 4) is 0 Å². The van der Waals surface area contributed by atoms with Gasteiger partial charge in [-0.15, -0.1) is 0 Å². The second-order valence-electron chi connectivity index (χ2n) is 5.10. The van der Waals surface area contributed by atoms with Gasteiger partial charge in [0.1, 0.15) is 0 Å². The number of rotatable bonds is 10. The zero-order chi connectivity index (χ0) is 13.2. The minimum atomic E-state index is 0.773. The van der Waals surface area contributed by atoms with E-state index in [2.05, 4.69) is 41.9 Å². The van der Waals surface area contributed by atoms with Crippen LogP contribution in [0.15, 0.2) is 12.3 Å². The Morgan fingerprint density at radius 1 is 1.28 bits per heavy atom. The SMILES string of the molecule is CCCCC(CC)Cn1nccc1CNCCC. The van der Waals surface area contributed by atoms with E-state index in [0.29, 0.717) is 0 Å². The summed E-state index contributed by atoms with van der Waals surface area (Å²) in [6.07, 6.45) is 8.32. The van der Waals surface area contributed by atoms with E-state index in [1.165, 1.54) is 37.8 Å². The molecule has 0 saturated heterocycles. The monoisotopic (exact) mass is 251 g/mol. The molecule has 0 spiro atoms. The third kappa shape index (κ3) is 5.21. The van der Waals surface area contributed by atoms with E-state index in [9.17, 15) is 0 Å². The maximum atomic E-state index is 4.47. The third-order valence-corrected chi connectivity index (χ3v) is 3.51. The van der Waals surface area contributed by atoms with Crippen molar-refractivity contribution in [3.05, 3.63) is 18.0 Å². The van der Waals surface area contributed by atoms with Gasteiger partial charge in [-0.05, 0) is 31.4 Å². The summed E-state index contributed by atoms with van der Waals surface area (Å²) in [4.78, 5) is 0. The molecule has 3 heteroatoms. The summed E-state index contributed by atoms with van der Waals surface area (Å²) in [7, 11) is 0. The topological polar surface area (TPSA) is 29.9 Å². The molecular formula is C15H29N3. The summed E-state index contributed by atoms with van der Waals surface area (Å²) in [6, 6.07) is 2.13. The summed E-state index contributed by atoms with van der Waals surface area (Å²) < 4.78 is 2.19. The standard InChI is InChI=1S/C15H29N3/c1-4-7-8-14(6-3)13-18-15(9-11-17-18)12-16-10-5-2/h9,11,14,16H,4-8,10,12-13H2,1-3H3. The first kappa shape index (κ1) is 15.2. The smallest absolute Gasteiger partial charge is 0.0522 e. The van der Waals surface area contributed by atoms with Crippen molar-refractivity contribution in [2.24, 2.45) is 5.92 Å². The van der Waals surface area contributed by atoms with Crippen molar-refractivity contribution in [3.63, 3.8) is 0 Å². The van der Waals surface area contributed by atoms with Crippen LogP contribution < -0.4 is 5.32 Å². The fourth-order valence-electron chi connectivity index (χ4n) is 2.23. The van der Waals surface area contributed by atoms with Crippen LogP contribution in [-0.2, 0) is 13.1 Å². The zero-order valence-corrected chi connectivity index (χ0v) is 12.3. The number of unbranched alkanes of at least 4 members (excludes halogenated alkanes) is 1. The van der Waals surface area contributed by atoms with Gasteiger partial charge in [0.05, 0.1) is 5.69 Å². The Balaban J connectivity index is 2.46. The van der Waals surface area contributed by atoms with Crippen LogP contribution in [-0.4, -0.2) is 16.3 Å². The Hall–Kier alpha value is -0.830. The van der Waals surface area contributed by atoms with E-state index >= 15 is 0 Å². The molecule has 3 nitrogen and oxygen atoms in total. The summed E-state index contributed by atoms with van der Waals surface area (Å²) >= 11 is 0. The molecule has 1 rings (SSSR count). The molecule has 0 aromatic carbocycles. The average molecular weight is 251 g/mol. The lowest BCUT2D eigenvalue weighted by Gasteiger charge is -2.16. The Morgan fingerprint density at radius 3 is 2.78 bits per heavy atom. The van der Waals surface area contributed by atoms with Gasteiger partial charge in [0.2, 0.25) is 0 Å². The van der Waals surface area contributed by atoms with Crippen molar-refractivity contribution < 1.29 is 0 Å². The Labute approximate surface area is 112 Å². The normalized spacial score (nSPS) is 12.8.